The fraction of sp³-hybridized carbons (Fsp3) is 0.471. The van der Waals surface area contributed by atoms with Crippen LogP contribution in [0.2, 0.25) is 0 Å². The Morgan fingerprint density at radius 1 is 1.38 bits per heavy atom. The van der Waals surface area contributed by atoms with Crippen LogP contribution in [0.25, 0.3) is 0 Å². The molecule has 0 unspecified atom stereocenters. The molecule has 1 N–H and O–H groups in total. The van der Waals surface area contributed by atoms with Gasteiger partial charge in [0.1, 0.15) is 6.26 Å². The Hall–Kier alpha value is -2.57. The minimum Gasteiger partial charge on any atom is -0.490 e. The van der Waals surface area contributed by atoms with Crippen molar-refractivity contribution in [3.63, 3.8) is 0 Å². The third-order valence-corrected chi connectivity index (χ3v) is 4.38. The summed E-state index contributed by atoms with van der Waals surface area (Å²) in [4.78, 5) is 23.9. The molecule has 1 saturated carbocycles. The van der Waals surface area contributed by atoms with Gasteiger partial charge in [-0.3, -0.25) is 14.3 Å². The quantitative estimate of drug-likeness (QED) is 0.927. The van der Waals surface area contributed by atoms with Gasteiger partial charge in [0.2, 0.25) is 11.2 Å². The van der Waals surface area contributed by atoms with Gasteiger partial charge in [0.25, 0.3) is 5.91 Å². The lowest BCUT2D eigenvalue weighted by Crippen LogP contribution is -2.38. The number of nitrogens with zero attached hydrogens (tertiary/aromatic N) is 2. The van der Waals surface area contributed by atoms with Crippen LogP contribution in [0, 0.1) is 6.92 Å². The molecule has 0 atom stereocenters. The second-order valence-corrected chi connectivity index (χ2v) is 6.15. The highest BCUT2D eigenvalue weighted by molar-refractivity contribution is 5.91. The Kier molecular flexibility index (Phi) is 4.69. The van der Waals surface area contributed by atoms with Crippen LogP contribution in [0.4, 0.5) is 0 Å². The van der Waals surface area contributed by atoms with Gasteiger partial charge in [0.05, 0.1) is 19.3 Å². The van der Waals surface area contributed by atoms with Crippen LogP contribution >= 0.6 is 0 Å². The summed E-state index contributed by atoms with van der Waals surface area (Å²) in [7, 11) is 1.38. The first-order valence-electron chi connectivity index (χ1n) is 8.05. The molecule has 0 spiro atoms. The topological polar surface area (TPSA) is 86.4 Å². The summed E-state index contributed by atoms with van der Waals surface area (Å²) >= 11 is 0. The van der Waals surface area contributed by atoms with E-state index in [1.165, 1.54) is 7.11 Å². The minimum absolute atomic E-state index is 0.00521. The van der Waals surface area contributed by atoms with Crippen molar-refractivity contribution in [1.82, 2.24) is 15.1 Å². The molecule has 128 valence electrons. The molecule has 0 saturated heterocycles. The number of aromatic nitrogens is 2. The zero-order chi connectivity index (χ0) is 17.1. The van der Waals surface area contributed by atoms with E-state index in [0.29, 0.717) is 6.04 Å². The number of carbonyl (C=O) groups excluding carboxylic acids is 1. The maximum atomic E-state index is 12.2. The van der Waals surface area contributed by atoms with E-state index in [4.69, 9.17) is 9.15 Å². The average Bonchev–Trinajstić information content (AvgIpc) is 3.02. The number of aryl methyl sites for hydroxylation is 1. The Balaban J connectivity index is 1.56. The lowest BCUT2D eigenvalue weighted by molar-refractivity contribution is 0.0890. The first-order valence-corrected chi connectivity index (χ1v) is 8.05. The molecule has 7 nitrogen and oxygen atoms in total. The van der Waals surface area contributed by atoms with Gasteiger partial charge >= 0.3 is 0 Å². The number of methoxy groups -OCH3 is 1. The molecule has 1 fully saturated rings. The first kappa shape index (κ1) is 16.3. The predicted octanol–water partition coefficient (Wildman–Crippen LogP) is 2.07. The summed E-state index contributed by atoms with van der Waals surface area (Å²) in [5, 5.41) is 7.30. The van der Waals surface area contributed by atoms with Crippen LogP contribution in [0.15, 0.2) is 33.9 Å². The van der Waals surface area contributed by atoms with E-state index in [1.54, 1.807) is 0 Å². The molecule has 1 aliphatic rings. The molecule has 3 rings (SSSR count). The summed E-state index contributed by atoms with van der Waals surface area (Å²) in [6.45, 7) is 2.03. The van der Waals surface area contributed by atoms with E-state index < -0.39 is 0 Å². The van der Waals surface area contributed by atoms with Gasteiger partial charge in [-0.05, 0) is 38.2 Å². The van der Waals surface area contributed by atoms with E-state index in [1.807, 2.05) is 17.8 Å². The third-order valence-electron chi connectivity index (χ3n) is 4.38. The molecule has 24 heavy (non-hydrogen) atoms. The minimum atomic E-state index is -0.369. The molecular weight excluding hydrogens is 310 g/mol. The summed E-state index contributed by atoms with van der Waals surface area (Å²) in [5.74, 6) is -0.277. The summed E-state index contributed by atoms with van der Waals surface area (Å²) in [6, 6.07) is 1.62. The third kappa shape index (κ3) is 3.50. The SMILES string of the molecule is COc1coc(C(=O)NC2CCC(n3cc(C)cn3)CC2)cc1=O. The molecule has 0 radical (unpaired) electrons. The molecular formula is C17H21N3O4. The van der Waals surface area contributed by atoms with E-state index in [-0.39, 0.29) is 28.9 Å². The Morgan fingerprint density at radius 3 is 2.71 bits per heavy atom. The highest BCUT2D eigenvalue weighted by Gasteiger charge is 2.25. The lowest BCUT2D eigenvalue weighted by atomic mass is 9.91. The lowest BCUT2D eigenvalue weighted by Gasteiger charge is -2.29. The predicted molar refractivity (Wildman–Crippen MR) is 87.3 cm³/mol. The molecule has 1 aliphatic carbocycles. The zero-order valence-corrected chi connectivity index (χ0v) is 13.8. The number of rotatable bonds is 4. The molecule has 0 aliphatic heterocycles. The second kappa shape index (κ2) is 6.90. The second-order valence-electron chi connectivity index (χ2n) is 6.15. The van der Waals surface area contributed by atoms with Gasteiger partial charge in [-0.1, -0.05) is 0 Å². The normalized spacial score (nSPS) is 20.6. The van der Waals surface area contributed by atoms with Crippen LogP contribution in [0.3, 0.4) is 0 Å². The average molecular weight is 331 g/mol. The van der Waals surface area contributed by atoms with Crippen molar-refractivity contribution in [1.29, 1.82) is 0 Å². The Bertz CT molecular complexity index is 772. The van der Waals surface area contributed by atoms with Crippen LogP contribution in [-0.4, -0.2) is 28.8 Å². The molecule has 2 aromatic heterocycles. The first-order chi connectivity index (χ1) is 11.6. The fourth-order valence-electron chi connectivity index (χ4n) is 3.04. The number of carbonyl (C=O) groups is 1. The van der Waals surface area contributed by atoms with Crippen molar-refractivity contribution in [2.75, 3.05) is 7.11 Å². The monoisotopic (exact) mass is 331 g/mol. The van der Waals surface area contributed by atoms with Gasteiger partial charge in [-0.2, -0.15) is 5.10 Å². The summed E-state index contributed by atoms with van der Waals surface area (Å²) in [6.07, 6.45) is 8.73. The van der Waals surface area contributed by atoms with Crippen LogP contribution in [0.1, 0.15) is 47.8 Å². The zero-order valence-electron chi connectivity index (χ0n) is 13.8. The molecule has 2 aromatic rings. The number of ether oxygens (including phenoxy) is 1. The maximum Gasteiger partial charge on any atom is 0.287 e. The van der Waals surface area contributed by atoms with Crippen LogP contribution in [0.5, 0.6) is 5.75 Å². The number of hydrogen-bond donors (Lipinski definition) is 1. The number of nitrogens with one attached hydrogen (secondary N) is 1. The van der Waals surface area contributed by atoms with Gasteiger partial charge < -0.3 is 14.5 Å². The van der Waals surface area contributed by atoms with E-state index in [0.717, 1.165) is 43.6 Å². The summed E-state index contributed by atoms with van der Waals surface area (Å²) in [5.41, 5.74) is 0.784. The standard InChI is InChI=1S/C17H21N3O4/c1-11-8-18-20(9-11)13-5-3-12(4-6-13)19-17(22)15-7-14(21)16(23-2)10-24-15/h7-10,12-13H,3-6H2,1-2H3,(H,19,22). The van der Waals surface area contributed by atoms with Crippen molar-refractivity contribution in [3.8, 4) is 5.75 Å². The molecule has 2 heterocycles. The van der Waals surface area contributed by atoms with Crippen LogP contribution < -0.4 is 15.5 Å². The van der Waals surface area contributed by atoms with Crippen molar-refractivity contribution in [2.24, 2.45) is 0 Å². The van der Waals surface area contributed by atoms with E-state index in [9.17, 15) is 9.59 Å². The largest absolute Gasteiger partial charge is 0.490 e. The molecule has 0 bridgehead atoms. The van der Waals surface area contributed by atoms with E-state index >= 15 is 0 Å². The van der Waals surface area contributed by atoms with Gasteiger partial charge in [-0.25, -0.2) is 0 Å². The molecule has 0 aromatic carbocycles. The van der Waals surface area contributed by atoms with Gasteiger partial charge in [0.15, 0.2) is 5.76 Å². The summed E-state index contributed by atoms with van der Waals surface area (Å²) < 4.78 is 12.0. The van der Waals surface area contributed by atoms with Crippen LogP contribution in [-0.2, 0) is 0 Å². The van der Waals surface area contributed by atoms with E-state index in [2.05, 4.69) is 16.6 Å². The Labute approximate surface area is 139 Å². The number of hydrogen-bond acceptors (Lipinski definition) is 5. The van der Waals surface area contributed by atoms with Gasteiger partial charge in [-0.15, -0.1) is 0 Å². The van der Waals surface area contributed by atoms with Crippen molar-refractivity contribution >= 4 is 5.91 Å². The highest BCUT2D eigenvalue weighted by atomic mass is 16.5. The van der Waals surface area contributed by atoms with Crippen molar-refractivity contribution < 1.29 is 13.9 Å². The van der Waals surface area contributed by atoms with Crippen molar-refractivity contribution in [3.05, 3.63) is 46.3 Å². The molecule has 7 heteroatoms. The van der Waals surface area contributed by atoms with Gasteiger partial charge in [0, 0.05) is 18.3 Å². The van der Waals surface area contributed by atoms with Crippen molar-refractivity contribution in [2.45, 2.75) is 44.7 Å². The number of amides is 1. The molecule has 1 amide bonds. The Morgan fingerprint density at radius 2 is 2.12 bits per heavy atom. The highest BCUT2D eigenvalue weighted by Crippen LogP contribution is 2.28. The maximum absolute atomic E-state index is 12.2. The fourth-order valence-corrected chi connectivity index (χ4v) is 3.04. The smallest absolute Gasteiger partial charge is 0.287 e.